The van der Waals surface area contributed by atoms with E-state index in [9.17, 15) is 4.79 Å². The Labute approximate surface area is 217 Å². The van der Waals surface area contributed by atoms with Crippen LogP contribution in [-0.2, 0) is 17.8 Å². The highest BCUT2D eigenvalue weighted by atomic mass is 16.5. The van der Waals surface area contributed by atoms with E-state index in [1.807, 2.05) is 60.4 Å². The molecule has 4 aromatic rings. The topological polar surface area (TPSA) is 59.8 Å². The summed E-state index contributed by atoms with van der Waals surface area (Å²) in [5.74, 6) is 0.598. The van der Waals surface area contributed by atoms with Gasteiger partial charge in [-0.3, -0.25) is 9.48 Å². The normalized spacial score (nSPS) is 13.4. The Morgan fingerprint density at radius 3 is 2.38 bits per heavy atom. The molecule has 1 aliphatic heterocycles. The van der Waals surface area contributed by atoms with Crippen LogP contribution in [0.1, 0.15) is 21.5 Å². The van der Waals surface area contributed by atoms with Crippen LogP contribution in [0.4, 0.5) is 5.69 Å². The minimum absolute atomic E-state index is 0.0857. The number of ether oxygens (including phenoxy) is 2. The smallest absolute Gasteiger partial charge is 0.257 e. The second-order valence-electron chi connectivity index (χ2n) is 9.20. The maximum atomic E-state index is 13.7. The van der Waals surface area contributed by atoms with E-state index in [-0.39, 0.29) is 5.91 Å². The molecule has 2 heterocycles. The van der Waals surface area contributed by atoms with E-state index >= 15 is 0 Å². The number of para-hydroxylation sites is 1. The third kappa shape index (κ3) is 5.67. The van der Waals surface area contributed by atoms with Crippen LogP contribution >= 0.6 is 0 Å². The van der Waals surface area contributed by atoms with E-state index in [0.717, 1.165) is 43.0 Å². The first-order chi connectivity index (χ1) is 18.1. The molecule has 1 saturated heterocycles. The van der Waals surface area contributed by atoms with Crippen molar-refractivity contribution in [2.75, 3.05) is 45.4 Å². The van der Waals surface area contributed by atoms with Gasteiger partial charge in [-0.15, -0.1) is 0 Å². The lowest BCUT2D eigenvalue weighted by Gasteiger charge is -2.29. The fourth-order valence-corrected chi connectivity index (χ4v) is 4.65. The van der Waals surface area contributed by atoms with Crippen LogP contribution < -0.4 is 9.64 Å². The van der Waals surface area contributed by atoms with Crippen molar-refractivity contribution in [1.29, 1.82) is 0 Å². The number of carbonyl (C=O) groups is 1. The zero-order valence-electron chi connectivity index (χ0n) is 21.3. The largest absolute Gasteiger partial charge is 0.496 e. The molecular formula is C30H32N4O3. The summed E-state index contributed by atoms with van der Waals surface area (Å²) >= 11 is 0. The van der Waals surface area contributed by atoms with Crippen LogP contribution in [0.3, 0.4) is 0 Å². The fraction of sp³-hybridized carbons (Fsp3) is 0.267. The molecule has 0 atom stereocenters. The predicted molar refractivity (Wildman–Crippen MR) is 145 cm³/mol. The van der Waals surface area contributed by atoms with Crippen molar-refractivity contribution in [1.82, 2.24) is 14.7 Å². The van der Waals surface area contributed by atoms with Gasteiger partial charge in [0.15, 0.2) is 0 Å². The summed E-state index contributed by atoms with van der Waals surface area (Å²) in [6, 6.07) is 26.2. The Hall–Kier alpha value is -4.10. The average molecular weight is 497 g/mol. The van der Waals surface area contributed by atoms with Crippen LogP contribution in [0.25, 0.3) is 11.3 Å². The minimum atomic E-state index is -0.0857. The van der Waals surface area contributed by atoms with Crippen molar-refractivity contribution in [3.63, 3.8) is 0 Å². The minimum Gasteiger partial charge on any atom is -0.496 e. The lowest BCUT2D eigenvalue weighted by molar-refractivity contribution is 0.0785. The quantitative estimate of drug-likeness (QED) is 0.353. The Balaban J connectivity index is 1.39. The summed E-state index contributed by atoms with van der Waals surface area (Å²) in [7, 11) is 3.47. The molecule has 7 nitrogen and oxygen atoms in total. The molecule has 1 aromatic heterocycles. The lowest BCUT2D eigenvalue weighted by atomic mass is 10.1. The third-order valence-electron chi connectivity index (χ3n) is 6.62. The third-order valence-corrected chi connectivity index (χ3v) is 6.62. The van der Waals surface area contributed by atoms with Crippen molar-refractivity contribution in [3.05, 3.63) is 102 Å². The summed E-state index contributed by atoms with van der Waals surface area (Å²) in [4.78, 5) is 17.8. The summed E-state index contributed by atoms with van der Waals surface area (Å²) in [6.07, 6.45) is 1.84. The predicted octanol–water partition coefficient (Wildman–Crippen LogP) is 4.72. The maximum Gasteiger partial charge on any atom is 0.257 e. The number of anilines is 1. The van der Waals surface area contributed by atoms with Gasteiger partial charge in [-0.25, -0.2) is 0 Å². The van der Waals surface area contributed by atoms with Gasteiger partial charge in [0.05, 0.1) is 32.4 Å². The molecule has 3 aromatic carbocycles. The van der Waals surface area contributed by atoms with Gasteiger partial charge in [-0.1, -0.05) is 54.6 Å². The number of rotatable bonds is 8. The molecule has 5 rings (SSSR count). The van der Waals surface area contributed by atoms with Gasteiger partial charge in [0, 0.05) is 44.1 Å². The van der Waals surface area contributed by atoms with E-state index in [2.05, 4.69) is 41.3 Å². The number of hydrogen-bond acceptors (Lipinski definition) is 5. The number of hydrogen-bond donors (Lipinski definition) is 0. The average Bonchev–Trinajstić information content (AvgIpc) is 3.37. The standard InChI is InChI=1S/C30H32N4O3/c1-32(20-24-12-14-25(15-13-24)33-16-18-37-19-17-33)30(35)27-22-34(21-23-8-4-3-5-9-23)31-29(27)26-10-6-7-11-28(26)36-2/h3-15,22H,16-21H2,1-2H3. The first-order valence-electron chi connectivity index (χ1n) is 12.5. The summed E-state index contributed by atoms with van der Waals surface area (Å²) < 4.78 is 12.9. The molecule has 37 heavy (non-hydrogen) atoms. The Morgan fingerprint density at radius 2 is 1.65 bits per heavy atom. The maximum absolute atomic E-state index is 13.7. The molecule has 0 bridgehead atoms. The van der Waals surface area contributed by atoms with Gasteiger partial charge >= 0.3 is 0 Å². The molecule has 1 fully saturated rings. The highest BCUT2D eigenvalue weighted by Crippen LogP contribution is 2.32. The number of carbonyl (C=O) groups excluding carboxylic acids is 1. The van der Waals surface area contributed by atoms with Crippen molar-refractivity contribution in [2.45, 2.75) is 13.1 Å². The van der Waals surface area contributed by atoms with E-state index < -0.39 is 0 Å². The van der Waals surface area contributed by atoms with E-state index in [1.54, 1.807) is 12.0 Å². The van der Waals surface area contributed by atoms with Gasteiger partial charge in [-0.2, -0.15) is 5.10 Å². The molecule has 0 saturated carbocycles. The number of benzene rings is 3. The lowest BCUT2D eigenvalue weighted by Crippen LogP contribution is -2.36. The van der Waals surface area contributed by atoms with Gasteiger partial charge in [0.25, 0.3) is 5.91 Å². The van der Waals surface area contributed by atoms with Gasteiger partial charge in [-0.05, 0) is 35.4 Å². The second kappa shape index (κ2) is 11.3. The Bertz CT molecular complexity index is 1330. The SMILES string of the molecule is COc1ccccc1-c1nn(Cc2ccccc2)cc1C(=O)N(C)Cc1ccc(N2CCOCC2)cc1. The first kappa shape index (κ1) is 24.6. The molecule has 0 spiro atoms. The van der Waals surface area contributed by atoms with Crippen LogP contribution in [0, 0.1) is 0 Å². The fourth-order valence-electron chi connectivity index (χ4n) is 4.65. The first-order valence-corrected chi connectivity index (χ1v) is 12.5. The van der Waals surface area contributed by atoms with Gasteiger partial charge < -0.3 is 19.3 Å². The van der Waals surface area contributed by atoms with Crippen LogP contribution in [0.2, 0.25) is 0 Å². The summed E-state index contributed by atoms with van der Waals surface area (Å²) in [6.45, 7) is 4.38. The monoisotopic (exact) mass is 496 g/mol. The molecule has 0 unspecified atom stereocenters. The van der Waals surface area contributed by atoms with Gasteiger partial charge in [0.1, 0.15) is 11.4 Å². The van der Waals surface area contributed by atoms with Crippen molar-refractivity contribution in [3.8, 4) is 17.0 Å². The highest BCUT2D eigenvalue weighted by molar-refractivity contribution is 6.00. The molecule has 0 radical (unpaired) electrons. The Morgan fingerprint density at radius 1 is 0.946 bits per heavy atom. The number of amides is 1. The molecule has 1 aliphatic rings. The van der Waals surface area contributed by atoms with E-state index in [1.165, 1.54) is 5.69 Å². The van der Waals surface area contributed by atoms with Crippen LogP contribution in [0.5, 0.6) is 5.75 Å². The van der Waals surface area contributed by atoms with Gasteiger partial charge in [0.2, 0.25) is 0 Å². The molecule has 0 aliphatic carbocycles. The van der Waals surface area contributed by atoms with E-state index in [4.69, 9.17) is 14.6 Å². The number of aromatic nitrogens is 2. The van der Waals surface area contributed by atoms with Crippen LogP contribution in [-0.4, -0.2) is 61.0 Å². The van der Waals surface area contributed by atoms with Crippen molar-refractivity contribution in [2.24, 2.45) is 0 Å². The van der Waals surface area contributed by atoms with Crippen molar-refractivity contribution >= 4 is 11.6 Å². The number of nitrogens with zero attached hydrogens (tertiary/aromatic N) is 4. The second-order valence-corrected chi connectivity index (χ2v) is 9.20. The number of morpholine rings is 1. The zero-order valence-corrected chi connectivity index (χ0v) is 21.3. The van der Waals surface area contributed by atoms with E-state index in [0.29, 0.717) is 30.1 Å². The molecule has 1 amide bonds. The molecular weight excluding hydrogens is 464 g/mol. The number of methoxy groups -OCH3 is 1. The molecule has 0 N–H and O–H groups in total. The summed E-state index contributed by atoms with van der Waals surface area (Å²) in [5, 5.41) is 4.83. The van der Waals surface area contributed by atoms with Crippen molar-refractivity contribution < 1.29 is 14.3 Å². The highest BCUT2D eigenvalue weighted by Gasteiger charge is 2.23. The molecule has 7 heteroatoms. The Kier molecular flexibility index (Phi) is 7.51. The zero-order chi connectivity index (χ0) is 25.6. The van der Waals surface area contributed by atoms with Crippen LogP contribution in [0.15, 0.2) is 85.1 Å². The summed E-state index contributed by atoms with van der Waals surface area (Å²) in [5.41, 5.74) is 5.33. The molecule has 190 valence electrons.